The highest BCUT2D eigenvalue weighted by molar-refractivity contribution is 6.59. The fraction of sp³-hybridized carbons (Fsp3) is 0.333. The fourth-order valence-corrected chi connectivity index (χ4v) is 1.04. The first-order chi connectivity index (χ1) is 5.25. The fourth-order valence-electron chi connectivity index (χ4n) is 0.788. The van der Waals surface area contributed by atoms with Gasteiger partial charge < -0.3 is 0 Å². The second-order valence-electron chi connectivity index (χ2n) is 2.04. The minimum absolute atomic E-state index is 0.223. The molecule has 5 heteroatoms. The second kappa shape index (κ2) is 3.50. The molecule has 0 radical (unpaired) electrons. The molecule has 60 valence electrons. The molecule has 1 aliphatic heterocycles. The maximum absolute atomic E-state index is 10.9. The van der Waals surface area contributed by atoms with Gasteiger partial charge in [0.1, 0.15) is 5.71 Å². The molecule has 0 aromatic heterocycles. The van der Waals surface area contributed by atoms with Crippen LogP contribution in [0.3, 0.4) is 0 Å². The molecule has 1 aliphatic rings. The topological polar surface area (TPSA) is 67.5 Å². The van der Waals surface area contributed by atoms with E-state index in [4.69, 9.17) is 17.4 Å². The van der Waals surface area contributed by atoms with Gasteiger partial charge in [0.05, 0.1) is 5.03 Å². The van der Waals surface area contributed by atoms with Crippen molar-refractivity contribution in [2.75, 3.05) is 6.54 Å². The number of hydrazine groups is 1. The largest absolute Gasteiger partial charge is 0.289 e. The highest BCUT2D eigenvalue weighted by atomic mass is 35.5. The van der Waals surface area contributed by atoms with Gasteiger partial charge in [-0.15, -0.1) is 0 Å². The van der Waals surface area contributed by atoms with Crippen molar-refractivity contribution in [3.63, 3.8) is 0 Å². The second-order valence-corrected chi connectivity index (χ2v) is 2.45. The van der Waals surface area contributed by atoms with E-state index in [0.717, 1.165) is 6.42 Å². The van der Waals surface area contributed by atoms with Crippen LogP contribution >= 0.6 is 11.6 Å². The van der Waals surface area contributed by atoms with Crippen molar-refractivity contribution in [2.24, 2.45) is 10.8 Å². The Morgan fingerprint density at radius 1 is 1.82 bits per heavy atom. The van der Waals surface area contributed by atoms with Crippen molar-refractivity contribution < 1.29 is 4.79 Å². The number of hydrogen-bond donors (Lipinski definition) is 2. The molecule has 0 atom stereocenters. The summed E-state index contributed by atoms with van der Waals surface area (Å²) >= 11 is 5.67. The maximum Gasteiger partial charge on any atom is 0.284 e. The molecular weight excluding hydrogens is 166 g/mol. The SMILES string of the molecule is NNC(=O)C1=NCCC=C1Cl. The Hall–Kier alpha value is -0.870. The molecule has 0 aliphatic carbocycles. The molecular formula is C6H8ClN3O. The zero-order valence-electron chi connectivity index (χ0n) is 5.80. The van der Waals surface area contributed by atoms with Crippen LogP contribution in [-0.2, 0) is 4.79 Å². The van der Waals surface area contributed by atoms with Crippen molar-refractivity contribution >= 4 is 23.2 Å². The third kappa shape index (κ3) is 1.78. The summed E-state index contributed by atoms with van der Waals surface area (Å²) < 4.78 is 0. The Kier molecular flexibility index (Phi) is 2.62. The van der Waals surface area contributed by atoms with Crippen LogP contribution in [-0.4, -0.2) is 18.2 Å². The minimum Gasteiger partial charge on any atom is -0.289 e. The summed E-state index contributed by atoms with van der Waals surface area (Å²) in [6, 6.07) is 0. The molecule has 1 heterocycles. The van der Waals surface area contributed by atoms with Crippen LogP contribution in [0, 0.1) is 0 Å². The summed E-state index contributed by atoms with van der Waals surface area (Å²) in [6.45, 7) is 0.596. The van der Waals surface area contributed by atoms with E-state index in [9.17, 15) is 4.79 Å². The van der Waals surface area contributed by atoms with Gasteiger partial charge in [-0.25, -0.2) is 5.84 Å². The molecule has 1 amide bonds. The van der Waals surface area contributed by atoms with Crippen LogP contribution < -0.4 is 11.3 Å². The number of hydrogen-bond acceptors (Lipinski definition) is 3. The quantitative estimate of drug-likeness (QED) is 0.332. The van der Waals surface area contributed by atoms with E-state index in [2.05, 4.69) is 4.99 Å². The molecule has 0 saturated carbocycles. The summed E-state index contributed by atoms with van der Waals surface area (Å²) in [5.41, 5.74) is 2.19. The van der Waals surface area contributed by atoms with E-state index >= 15 is 0 Å². The first-order valence-corrected chi connectivity index (χ1v) is 3.55. The van der Waals surface area contributed by atoms with Crippen LogP contribution in [0.5, 0.6) is 0 Å². The predicted octanol–water partition coefficient (Wildman–Crippen LogP) is -0.0563. The van der Waals surface area contributed by atoms with Crippen LogP contribution in [0.15, 0.2) is 16.1 Å². The first kappa shape index (κ1) is 8.23. The molecule has 0 spiro atoms. The van der Waals surface area contributed by atoms with Crippen LogP contribution in [0.4, 0.5) is 0 Å². The summed E-state index contributed by atoms with van der Waals surface area (Å²) in [5, 5.41) is 0.374. The molecule has 0 unspecified atom stereocenters. The van der Waals surface area contributed by atoms with Crippen LogP contribution in [0.1, 0.15) is 6.42 Å². The highest BCUT2D eigenvalue weighted by Gasteiger charge is 2.15. The van der Waals surface area contributed by atoms with Crippen LogP contribution in [0.25, 0.3) is 0 Å². The molecule has 3 N–H and O–H groups in total. The Labute approximate surface area is 69.1 Å². The van der Waals surface area contributed by atoms with Gasteiger partial charge >= 0.3 is 0 Å². The smallest absolute Gasteiger partial charge is 0.284 e. The van der Waals surface area contributed by atoms with Crippen molar-refractivity contribution in [1.82, 2.24) is 5.43 Å². The molecule has 0 fully saturated rings. The van der Waals surface area contributed by atoms with Gasteiger partial charge in [0.25, 0.3) is 5.91 Å². The van der Waals surface area contributed by atoms with Gasteiger partial charge in [0.2, 0.25) is 0 Å². The summed E-state index contributed by atoms with van der Waals surface area (Å²) in [6.07, 6.45) is 2.53. The number of nitrogens with zero attached hydrogens (tertiary/aromatic N) is 1. The van der Waals surface area contributed by atoms with Crippen molar-refractivity contribution in [1.29, 1.82) is 0 Å². The molecule has 0 saturated heterocycles. The lowest BCUT2D eigenvalue weighted by molar-refractivity contribution is -0.114. The normalized spacial score (nSPS) is 16.9. The minimum atomic E-state index is -0.439. The van der Waals surface area contributed by atoms with Gasteiger partial charge in [0, 0.05) is 6.54 Å². The highest BCUT2D eigenvalue weighted by Crippen LogP contribution is 2.11. The van der Waals surface area contributed by atoms with Gasteiger partial charge in [0.15, 0.2) is 0 Å². The molecule has 0 bridgehead atoms. The van der Waals surface area contributed by atoms with E-state index in [0.29, 0.717) is 11.6 Å². The number of halogens is 1. The van der Waals surface area contributed by atoms with Gasteiger partial charge in [-0.05, 0) is 6.42 Å². The Morgan fingerprint density at radius 3 is 3.09 bits per heavy atom. The summed E-state index contributed by atoms with van der Waals surface area (Å²) in [5.74, 6) is 4.46. The van der Waals surface area contributed by atoms with Crippen molar-refractivity contribution in [3.05, 3.63) is 11.1 Å². The third-order valence-corrected chi connectivity index (χ3v) is 1.63. The van der Waals surface area contributed by atoms with E-state index < -0.39 is 5.91 Å². The Balaban J connectivity index is 2.78. The Bertz CT molecular complexity index is 234. The van der Waals surface area contributed by atoms with E-state index in [1.807, 2.05) is 5.43 Å². The standard InChI is InChI=1S/C6H8ClN3O/c7-4-2-1-3-9-5(4)6(11)10-8/h2H,1,3,8H2,(H,10,11). The van der Waals surface area contributed by atoms with Crippen LogP contribution in [0.2, 0.25) is 0 Å². The zero-order chi connectivity index (χ0) is 8.27. The van der Waals surface area contributed by atoms with Crippen molar-refractivity contribution in [3.8, 4) is 0 Å². The summed E-state index contributed by atoms with van der Waals surface area (Å²) in [7, 11) is 0. The van der Waals surface area contributed by atoms with E-state index in [-0.39, 0.29) is 5.71 Å². The number of dihydropyridines is 1. The van der Waals surface area contributed by atoms with Gasteiger partial charge in [-0.1, -0.05) is 17.7 Å². The maximum atomic E-state index is 10.9. The number of nitrogens with two attached hydrogens (primary N) is 1. The number of carbonyl (C=O) groups excluding carboxylic acids is 1. The van der Waals surface area contributed by atoms with E-state index in [1.54, 1.807) is 6.08 Å². The molecule has 11 heavy (non-hydrogen) atoms. The third-order valence-electron chi connectivity index (χ3n) is 1.29. The lowest BCUT2D eigenvalue weighted by atomic mass is 10.2. The lowest BCUT2D eigenvalue weighted by Crippen LogP contribution is -2.37. The van der Waals surface area contributed by atoms with E-state index in [1.165, 1.54) is 0 Å². The van der Waals surface area contributed by atoms with Gasteiger partial charge in [-0.3, -0.25) is 15.2 Å². The lowest BCUT2D eigenvalue weighted by Gasteiger charge is -2.07. The molecule has 4 nitrogen and oxygen atoms in total. The average Bonchev–Trinajstić information content (AvgIpc) is 2.04. The Morgan fingerprint density at radius 2 is 2.55 bits per heavy atom. The zero-order valence-corrected chi connectivity index (χ0v) is 6.56. The number of rotatable bonds is 1. The number of amides is 1. The summed E-state index contributed by atoms with van der Waals surface area (Å²) in [4.78, 5) is 14.8. The molecule has 1 rings (SSSR count). The monoisotopic (exact) mass is 173 g/mol. The number of aliphatic imine (C=N–C) groups is 1. The number of nitrogens with one attached hydrogen (secondary N) is 1. The predicted molar refractivity (Wildman–Crippen MR) is 43.2 cm³/mol. The molecule has 0 aromatic rings. The van der Waals surface area contributed by atoms with Gasteiger partial charge in [-0.2, -0.15) is 0 Å². The first-order valence-electron chi connectivity index (χ1n) is 3.17. The average molecular weight is 174 g/mol. The molecule has 0 aromatic carbocycles. The van der Waals surface area contributed by atoms with Crippen molar-refractivity contribution in [2.45, 2.75) is 6.42 Å². The number of carbonyl (C=O) groups is 1.